The van der Waals surface area contributed by atoms with Crippen molar-refractivity contribution in [1.29, 1.82) is 0 Å². The summed E-state index contributed by atoms with van der Waals surface area (Å²) in [4.78, 5) is 9.36. The molecule has 0 saturated heterocycles. The first kappa shape index (κ1) is 25.3. The Bertz CT molecular complexity index is 1620. The lowest BCUT2D eigenvalue weighted by atomic mass is 9.96. The molecule has 8 heteroatoms. The molecule has 0 atom stereocenters. The van der Waals surface area contributed by atoms with Crippen LogP contribution in [0.15, 0.2) is 54.9 Å². The van der Waals surface area contributed by atoms with Gasteiger partial charge in [0.1, 0.15) is 40.7 Å². The summed E-state index contributed by atoms with van der Waals surface area (Å²) < 4.78 is 15.5. The summed E-state index contributed by atoms with van der Waals surface area (Å²) in [6.45, 7) is 11.0. The number of rotatable bonds is 8. The zero-order chi connectivity index (χ0) is 27.0. The van der Waals surface area contributed by atoms with E-state index in [0.29, 0.717) is 24.1 Å². The fourth-order valence-corrected chi connectivity index (χ4v) is 4.79. The molecule has 5 aromatic rings. The van der Waals surface area contributed by atoms with E-state index in [9.17, 15) is 0 Å². The standard InChI is InChI=1S/C30H34N6O2/c1-8-38-27-14-19(4)23(16-22(27)18(2)3)30-33-29-24(10-9-11-26(29)35(30)6)32-21-12-13-25(28(15-21)37-7)36-17-31-20(5)34-36/h9-18,32H,8H2,1-7H3. The average molecular weight is 511 g/mol. The van der Waals surface area contributed by atoms with E-state index < -0.39 is 0 Å². The van der Waals surface area contributed by atoms with Crippen LogP contribution in [0.4, 0.5) is 11.4 Å². The van der Waals surface area contributed by atoms with Gasteiger partial charge in [0.2, 0.25) is 0 Å². The van der Waals surface area contributed by atoms with Crippen molar-refractivity contribution in [3.05, 3.63) is 71.8 Å². The van der Waals surface area contributed by atoms with Gasteiger partial charge < -0.3 is 19.4 Å². The van der Waals surface area contributed by atoms with Crippen LogP contribution in [0.1, 0.15) is 43.6 Å². The number of hydrogen-bond acceptors (Lipinski definition) is 6. The third-order valence-electron chi connectivity index (χ3n) is 6.74. The van der Waals surface area contributed by atoms with Crippen molar-refractivity contribution in [1.82, 2.24) is 24.3 Å². The number of nitrogens with zero attached hydrogens (tertiary/aromatic N) is 5. The lowest BCUT2D eigenvalue weighted by Gasteiger charge is -2.17. The van der Waals surface area contributed by atoms with E-state index in [1.165, 1.54) is 5.56 Å². The molecule has 0 aliphatic heterocycles. The Morgan fingerprint density at radius 1 is 1.03 bits per heavy atom. The molecule has 1 N–H and O–H groups in total. The molecule has 0 amide bonds. The number of aryl methyl sites for hydroxylation is 3. The molecule has 0 aliphatic rings. The molecule has 2 aromatic heterocycles. The molecule has 0 bridgehead atoms. The Hall–Kier alpha value is -4.33. The van der Waals surface area contributed by atoms with Crippen LogP contribution < -0.4 is 14.8 Å². The van der Waals surface area contributed by atoms with Gasteiger partial charge in [-0.15, -0.1) is 0 Å². The molecular formula is C30H34N6O2. The largest absolute Gasteiger partial charge is 0.494 e. The molecule has 0 aliphatic carbocycles. The first-order valence-electron chi connectivity index (χ1n) is 12.9. The number of benzene rings is 3. The molecule has 3 aromatic carbocycles. The summed E-state index contributed by atoms with van der Waals surface area (Å²) in [5.74, 6) is 3.60. The molecular weight excluding hydrogens is 476 g/mol. The number of anilines is 2. The number of imidazole rings is 1. The molecule has 196 valence electrons. The molecule has 0 fully saturated rings. The Morgan fingerprint density at radius 2 is 1.84 bits per heavy atom. The summed E-state index contributed by atoms with van der Waals surface area (Å²) >= 11 is 0. The third kappa shape index (κ3) is 4.58. The molecule has 38 heavy (non-hydrogen) atoms. The highest BCUT2D eigenvalue weighted by atomic mass is 16.5. The summed E-state index contributed by atoms with van der Waals surface area (Å²) in [6, 6.07) is 16.5. The normalized spacial score (nSPS) is 11.4. The molecule has 0 spiro atoms. The summed E-state index contributed by atoms with van der Waals surface area (Å²) in [5.41, 5.74) is 8.01. The number of methoxy groups -OCH3 is 1. The predicted molar refractivity (Wildman–Crippen MR) is 152 cm³/mol. The van der Waals surface area contributed by atoms with E-state index in [-0.39, 0.29) is 0 Å². The minimum atomic E-state index is 0.335. The lowest BCUT2D eigenvalue weighted by molar-refractivity contribution is 0.335. The molecule has 2 heterocycles. The fourth-order valence-electron chi connectivity index (χ4n) is 4.79. The number of para-hydroxylation sites is 1. The zero-order valence-corrected chi connectivity index (χ0v) is 23.0. The van der Waals surface area contributed by atoms with Gasteiger partial charge in [-0.25, -0.2) is 14.6 Å². The fraction of sp³-hybridized carbons (Fsp3) is 0.300. The molecule has 5 rings (SSSR count). The van der Waals surface area contributed by atoms with Gasteiger partial charge in [-0.2, -0.15) is 5.10 Å². The van der Waals surface area contributed by atoms with Gasteiger partial charge in [0, 0.05) is 24.4 Å². The van der Waals surface area contributed by atoms with Crippen molar-refractivity contribution in [2.24, 2.45) is 7.05 Å². The van der Waals surface area contributed by atoms with Crippen molar-refractivity contribution in [3.63, 3.8) is 0 Å². The highest BCUT2D eigenvalue weighted by Crippen LogP contribution is 2.37. The average Bonchev–Trinajstić information content (AvgIpc) is 3.48. The van der Waals surface area contributed by atoms with Crippen molar-refractivity contribution >= 4 is 22.4 Å². The second-order valence-electron chi connectivity index (χ2n) is 9.71. The van der Waals surface area contributed by atoms with Gasteiger partial charge in [-0.05, 0) is 74.2 Å². The van der Waals surface area contributed by atoms with Crippen molar-refractivity contribution in [2.45, 2.75) is 40.5 Å². The van der Waals surface area contributed by atoms with Crippen molar-refractivity contribution < 1.29 is 9.47 Å². The molecule has 0 unspecified atom stereocenters. The maximum Gasteiger partial charge on any atom is 0.147 e. The van der Waals surface area contributed by atoms with Gasteiger partial charge in [-0.3, -0.25) is 0 Å². The quantitative estimate of drug-likeness (QED) is 0.250. The van der Waals surface area contributed by atoms with Crippen LogP contribution in [0.25, 0.3) is 28.1 Å². The number of hydrogen-bond donors (Lipinski definition) is 1. The summed E-state index contributed by atoms with van der Waals surface area (Å²) in [7, 11) is 3.72. The highest BCUT2D eigenvalue weighted by Gasteiger charge is 2.19. The van der Waals surface area contributed by atoms with E-state index in [0.717, 1.165) is 50.8 Å². The summed E-state index contributed by atoms with van der Waals surface area (Å²) in [6.07, 6.45) is 1.68. The Kier molecular flexibility index (Phi) is 6.80. The highest BCUT2D eigenvalue weighted by molar-refractivity contribution is 5.93. The predicted octanol–water partition coefficient (Wildman–Crippen LogP) is 6.71. The Morgan fingerprint density at radius 3 is 2.53 bits per heavy atom. The van der Waals surface area contributed by atoms with Crippen LogP contribution in [-0.2, 0) is 7.05 Å². The Labute approximate surface area is 223 Å². The number of fused-ring (bicyclic) bond motifs is 1. The lowest BCUT2D eigenvalue weighted by Crippen LogP contribution is -2.02. The minimum Gasteiger partial charge on any atom is -0.494 e. The van der Waals surface area contributed by atoms with Crippen LogP contribution in [-0.4, -0.2) is 38.0 Å². The maximum absolute atomic E-state index is 5.94. The van der Waals surface area contributed by atoms with Crippen LogP contribution in [0.3, 0.4) is 0 Å². The van der Waals surface area contributed by atoms with Gasteiger partial charge >= 0.3 is 0 Å². The molecule has 0 saturated carbocycles. The first-order chi connectivity index (χ1) is 18.3. The SMILES string of the molecule is CCOc1cc(C)c(-c2nc3c(Nc4ccc(-n5cnc(C)n5)c(OC)c4)cccc3n2C)cc1C(C)C. The topological polar surface area (TPSA) is 79.0 Å². The number of aromatic nitrogens is 5. The van der Waals surface area contributed by atoms with E-state index in [2.05, 4.69) is 66.0 Å². The second-order valence-corrected chi connectivity index (χ2v) is 9.71. The van der Waals surface area contributed by atoms with Crippen LogP contribution >= 0.6 is 0 Å². The van der Waals surface area contributed by atoms with E-state index in [4.69, 9.17) is 14.5 Å². The van der Waals surface area contributed by atoms with E-state index in [1.54, 1.807) is 18.1 Å². The number of nitrogens with one attached hydrogen (secondary N) is 1. The van der Waals surface area contributed by atoms with Crippen molar-refractivity contribution in [2.75, 3.05) is 19.0 Å². The molecule has 8 nitrogen and oxygen atoms in total. The first-order valence-corrected chi connectivity index (χ1v) is 12.9. The van der Waals surface area contributed by atoms with Gasteiger partial charge in [0.25, 0.3) is 0 Å². The van der Waals surface area contributed by atoms with Crippen molar-refractivity contribution in [3.8, 4) is 28.6 Å². The van der Waals surface area contributed by atoms with Crippen LogP contribution in [0.5, 0.6) is 11.5 Å². The minimum absolute atomic E-state index is 0.335. The van der Waals surface area contributed by atoms with Gasteiger partial charge in [-0.1, -0.05) is 19.9 Å². The van der Waals surface area contributed by atoms with Crippen LogP contribution in [0, 0.1) is 13.8 Å². The smallest absolute Gasteiger partial charge is 0.147 e. The zero-order valence-electron chi connectivity index (χ0n) is 23.0. The maximum atomic E-state index is 5.94. The Balaban J connectivity index is 1.55. The summed E-state index contributed by atoms with van der Waals surface area (Å²) in [5, 5.41) is 7.96. The van der Waals surface area contributed by atoms with Gasteiger partial charge in [0.05, 0.1) is 24.9 Å². The monoisotopic (exact) mass is 510 g/mol. The van der Waals surface area contributed by atoms with Gasteiger partial charge in [0.15, 0.2) is 0 Å². The second kappa shape index (κ2) is 10.2. The van der Waals surface area contributed by atoms with Crippen LogP contribution in [0.2, 0.25) is 0 Å². The molecule has 0 radical (unpaired) electrons. The third-order valence-corrected chi connectivity index (χ3v) is 6.74. The van der Waals surface area contributed by atoms with E-state index >= 15 is 0 Å². The van der Waals surface area contributed by atoms with E-state index in [1.807, 2.05) is 44.2 Å². The number of ether oxygens (including phenoxy) is 2.